The van der Waals surface area contributed by atoms with Crippen LogP contribution in [0.4, 0.5) is 0 Å². The van der Waals surface area contributed by atoms with Gasteiger partial charge in [-0.15, -0.1) is 0 Å². The fourth-order valence-electron chi connectivity index (χ4n) is 1.98. The summed E-state index contributed by atoms with van der Waals surface area (Å²) in [5.41, 5.74) is 7.30. The van der Waals surface area contributed by atoms with Gasteiger partial charge < -0.3 is 15.6 Å². The van der Waals surface area contributed by atoms with Crippen LogP contribution in [-0.4, -0.2) is 23.7 Å². The van der Waals surface area contributed by atoms with E-state index in [1.807, 2.05) is 13.8 Å². The van der Waals surface area contributed by atoms with E-state index in [-0.39, 0.29) is 11.9 Å². The molecule has 1 aromatic heterocycles. The maximum Gasteiger partial charge on any atom is 0.224 e. The van der Waals surface area contributed by atoms with Gasteiger partial charge in [0, 0.05) is 18.2 Å². The second-order valence-corrected chi connectivity index (χ2v) is 5.11. The third-order valence-corrected chi connectivity index (χ3v) is 2.92. The Hall–Kier alpha value is -1.36. The number of amides is 1. The topological polar surface area (TPSA) is 81.2 Å². The van der Waals surface area contributed by atoms with Crippen molar-refractivity contribution in [3.05, 3.63) is 17.0 Å². The Morgan fingerprint density at radius 1 is 1.44 bits per heavy atom. The predicted molar refractivity (Wildman–Crippen MR) is 70.1 cm³/mol. The summed E-state index contributed by atoms with van der Waals surface area (Å²) >= 11 is 0. The van der Waals surface area contributed by atoms with Crippen molar-refractivity contribution in [3.63, 3.8) is 0 Å². The van der Waals surface area contributed by atoms with Crippen LogP contribution in [0.25, 0.3) is 0 Å². The van der Waals surface area contributed by atoms with Crippen LogP contribution in [0.15, 0.2) is 4.52 Å². The number of hydrogen-bond acceptors (Lipinski definition) is 4. The van der Waals surface area contributed by atoms with E-state index in [1.165, 1.54) is 0 Å². The Labute approximate surface area is 108 Å². The molecule has 0 aromatic carbocycles. The Balaban J connectivity index is 2.55. The largest absolute Gasteiger partial charge is 0.361 e. The highest BCUT2D eigenvalue weighted by Crippen LogP contribution is 2.13. The maximum absolute atomic E-state index is 11.9. The van der Waals surface area contributed by atoms with Gasteiger partial charge in [0.15, 0.2) is 0 Å². The molecule has 0 fully saturated rings. The van der Waals surface area contributed by atoms with Crippen molar-refractivity contribution in [3.8, 4) is 0 Å². The minimum Gasteiger partial charge on any atom is -0.361 e. The second-order valence-electron chi connectivity index (χ2n) is 5.11. The zero-order chi connectivity index (χ0) is 13.7. The number of nitrogens with two attached hydrogens (primary N) is 1. The molecule has 0 aliphatic rings. The number of rotatable bonds is 6. The molecule has 5 heteroatoms. The van der Waals surface area contributed by atoms with Gasteiger partial charge in [-0.3, -0.25) is 4.79 Å². The number of nitrogens with zero attached hydrogens (tertiary/aromatic N) is 1. The molecule has 0 aliphatic heterocycles. The fraction of sp³-hybridized carbons (Fsp3) is 0.692. The number of aryl methyl sites for hydroxylation is 2. The molecule has 1 atom stereocenters. The molecule has 1 amide bonds. The molecule has 0 radical (unpaired) electrons. The molecule has 0 saturated heterocycles. The average molecular weight is 253 g/mol. The maximum atomic E-state index is 11.9. The first-order valence-electron chi connectivity index (χ1n) is 6.35. The van der Waals surface area contributed by atoms with Crippen LogP contribution in [0.1, 0.15) is 37.3 Å². The Morgan fingerprint density at radius 3 is 2.56 bits per heavy atom. The SMILES string of the molecule is Cc1noc(C)c1CC(=O)NC(CN)CC(C)C. The Kier molecular flexibility index (Phi) is 5.34. The molecule has 1 rings (SSSR count). The summed E-state index contributed by atoms with van der Waals surface area (Å²) in [5.74, 6) is 1.19. The number of carbonyl (C=O) groups excluding carboxylic acids is 1. The summed E-state index contributed by atoms with van der Waals surface area (Å²) in [6.45, 7) is 8.35. The lowest BCUT2D eigenvalue weighted by atomic mass is 10.0. The molecule has 3 N–H and O–H groups in total. The number of hydrogen-bond donors (Lipinski definition) is 2. The number of aromatic nitrogens is 1. The van der Waals surface area contributed by atoms with Crippen molar-refractivity contribution >= 4 is 5.91 Å². The van der Waals surface area contributed by atoms with Crippen LogP contribution in [0.3, 0.4) is 0 Å². The molecule has 1 unspecified atom stereocenters. The van der Waals surface area contributed by atoms with Gasteiger partial charge >= 0.3 is 0 Å². The summed E-state index contributed by atoms with van der Waals surface area (Å²) in [6.07, 6.45) is 1.19. The fourth-order valence-corrected chi connectivity index (χ4v) is 1.98. The van der Waals surface area contributed by atoms with Gasteiger partial charge in [0.2, 0.25) is 5.91 Å². The van der Waals surface area contributed by atoms with E-state index in [0.717, 1.165) is 17.7 Å². The number of carbonyl (C=O) groups is 1. The number of nitrogens with one attached hydrogen (secondary N) is 1. The quantitative estimate of drug-likeness (QED) is 0.801. The monoisotopic (exact) mass is 253 g/mol. The first-order chi connectivity index (χ1) is 8.43. The lowest BCUT2D eigenvalue weighted by Crippen LogP contribution is -2.41. The van der Waals surface area contributed by atoms with Gasteiger partial charge in [0.1, 0.15) is 5.76 Å². The van der Waals surface area contributed by atoms with Crippen LogP contribution < -0.4 is 11.1 Å². The van der Waals surface area contributed by atoms with Gasteiger partial charge in [0.05, 0.1) is 12.1 Å². The molecule has 18 heavy (non-hydrogen) atoms. The minimum absolute atomic E-state index is 0.0273. The molecule has 0 bridgehead atoms. The van der Waals surface area contributed by atoms with Crippen LogP contribution in [0, 0.1) is 19.8 Å². The van der Waals surface area contributed by atoms with Crippen molar-refractivity contribution in [1.82, 2.24) is 10.5 Å². The van der Waals surface area contributed by atoms with E-state index in [0.29, 0.717) is 24.6 Å². The molecule has 1 heterocycles. The molecule has 0 saturated carbocycles. The highest BCUT2D eigenvalue weighted by atomic mass is 16.5. The van der Waals surface area contributed by atoms with Crippen molar-refractivity contribution in [1.29, 1.82) is 0 Å². The van der Waals surface area contributed by atoms with Crippen LogP contribution in [0.5, 0.6) is 0 Å². The van der Waals surface area contributed by atoms with Crippen LogP contribution in [-0.2, 0) is 11.2 Å². The van der Waals surface area contributed by atoms with Gasteiger partial charge in [-0.05, 0) is 26.2 Å². The molecule has 0 spiro atoms. The molecule has 102 valence electrons. The molecule has 0 aliphatic carbocycles. The molecular weight excluding hydrogens is 230 g/mol. The van der Waals surface area contributed by atoms with Crippen molar-refractivity contribution in [2.45, 2.75) is 46.6 Å². The first kappa shape index (κ1) is 14.7. The summed E-state index contributed by atoms with van der Waals surface area (Å²) in [4.78, 5) is 11.9. The Morgan fingerprint density at radius 2 is 2.11 bits per heavy atom. The van der Waals surface area contributed by atoms with E-state index in [9.17, 15) is 4.79 Å². The summed E-state index contributed by atoms with van der Waals surface area (Å²) < 4.78 is 5.04. The molecule has 1 aromatic rings. The van der Waals surface area contributed by atoms with E-state index in [1.54, 1.807) is 0 Å². The standard InChI is InChI=1S/C13H23N3O2/c1-8(2)5-11(7-14)15-13(17)6-12-9(3)16-18-10(12)4/h8,11H,5-7,14H2,1-4H3,(H,15,17). The van der Waals surface area contributed by atoms with Crippen LogP contribution >= 0.6 is 0 Å². The summed E-state index contributed by atoms with van der Waals surface area (Å²) in [5, 5.41) is 6.79. The third-order valence-electron chi connectivity index (χ3n) is 2.92. The lowest BCUT2D eigenvalue weighted by Gasteiger charge is -2.18. The molecule has 5 nitrogen and oxygen atoms in total. The zero-order valence-electron chi connectivity index (χ0n) is 11.6. The summed E-state index contributed by atoms with van der Waals surface area (Å²) in [6, 6.07) is 0.0398. The zero-order valence-corrected chi connectivity index (χ0v) is 11.6. The minimum atomic E-state index is -0.0273. The van der Waals surface area contributed by atoms with E-state index >= 15 is 0 Å². The van der Waals surface area contributed by atoms with Gasteiger partial charge in [-0.2, -0.15) is 0 Å². The normalized spacial score (nSPS) is 12.8. The van der Waals surface area contributed by atoms with E-state index < -0.39 is 0 Å². The van der Waals surface area contributed by atoms with Crippen LogP contribution in [0.2, 0.25) is 0 Å². The summed E-state index contributed by atoms with van der Waals surface area (Å²) in [7, 11) is 0. The molecular formula is C13H23N3O2. The second kappa shape index (κ2) is 6.54. The van der Waals surface area contributed by atoms with Gasteiger partial charge in [0.25, 0.3) is 0 Å². The Bertz CT molecular complexity index is 379. The predicted octanol–water partition coefficient (Wildman–Crippen LogP) is 1.32. The van der Waals surface area contributed by atoms with Crippen molar-refractivity contribution < 1.29 is 9.32 Å². The highest BCUT2D eigenvalue weighted by Gasteiger charge is 2.16. The lowest BCUT2D eigenvalue weighted by molar-refractivity contribution is -0.121. The van der Waals surface area contributed by atoms with E-state index in [2.05, 4.69) is 24.3 Å². The highest BCUT2D eigenvalue weighted by molar-refractivity contribution is 5.79. The third kappa shape index (κ3) is 4.14. The smallest absolute Gasteiger partial charge is 0.224 e. The van der Waals surface area contributed by atoms with E-state index in [4.69, 9.17) is 10.3 Å². The van der Waals surface area contributed by atoms with Gasteiger partial charge in [-0.1, -0.05) is 19.0 Å². The van der Waals surface area contributed by atoms with Crippen molar-refractivity contribution in [2.75, 3.05) is 6.54 Å². The van der Waals surface area contributed by atoms with Gasteiger partial charge in [-0.25, -0.2) is 0 Å². The average Bonchev–Trinajstić information content (AvgIpc) is 2.59. The van der Waals surface area contributed by atoms with Crippen molar-refractivity contribution in [2.24, 2.45) is 11.7 Å². The first-order valence-corrected chi connectivity index (χ1v) is 6.35.